The molecule has 2 fully saturated rings. The zero-order valence-corrected chi connectivity index (χ0v) is 11.1. The number of aliphatic hydroxyl groups is 1. The first-order valence-corrected chi connectivity index (χ1v) is 6.46. The van der Waals surface area contributed by atoms with Crippen LogP contribution in [0, 0.1) is 16.7 Å². The van der Waals surface area contributed by atoms with Crippen molar-refractivity contribution in [2.45, 2.75) is 52.7 Å². The Morgan fingerprint density at radius 3 is 2.59 bits per heavy atom. The predicted octanol–water partition coefficient (Wildman–Crippen LogP) is 1.92. The minimum absolute atomic E-state index is 0.0660. The number of hydrogen-bond acceptors (Lipinski definition) is 3. The maximum atomic E-state index is 11.5. The molecular weight excluding hydrogens is 218 g/mol. The Kier molecular flexibility index (Phi) is 2.89. The van der Waals surface area contributed by atoms with Gasteiger partial charge in [-0.3, -0.25) is 0 Å². The Morgan fingerprint density at radius 1 is 1.47 bits per heavy atom. The summed E-state index contributed by atoms with van der Waals surface area (Å²) in [5, 5.41) is 13.3. The number of rotatable bonds is 2. The molecule has 0 saturated heterocycles. The molecule has 98 valence electrons. The molecule has 0 heterocycles. The third-order valence-corrected chi connectivity index (χ3v) is 5.36. The van der Waals surface area contributed by atoms with Gasteiger partial charge in [0.25, 0.3) is 0 Å². The van der Waals surface area contributed by atoms with E-state index in [2.05, 4.69) is 26.1 Å². The molecule has 4 unspecified atom stereocenters. The summed E-state index contributed by atoms with van der Waals surface area (Å²) in [6.07, 6.45) is 1.22. The molecule has 0 aromatic rings. The molecule has 2 bridgehead atoms. The van der Waals surface area contributed by atoms with Crippen molar-refractivity contribution in [3.05, 3.63) is 0 Å². The van der Waals surface area contributed by atoms with Crippen LogP contribution in [-0.2, 0) is 4.74 Å². The van der Waals surface area contributed by atoms with Gasteiger partial charge in [-0.15, -0.1) is 0 Å². The lowest BCUT2D eigenvalue weighted by Crippen LogP contribution is -2.49. The Bertz CT molecular complexity index is 329. The van der Waals surface area contributed by atoms with Crippen LogP contribution in [0.15, 0.2) is 0 Å². The number of aliphatic hydroxyl groups excluding tert-OH is 1. The number of nitrogens with one attached hydrogen (secondary N) is 1. The maximum Gasteiger partial charge on any atom is 0.407 e. The largest absolute Gasteiger partial charge is 0.450 e. The molecule has 2 aliphatic rings. The van der Waals surface area contributed by atoms with Crippen molar-refractivity contribution in [2.24, 2.45) is 16.7 Å². The van der Waals surface area contributed by atoms with Crippen molar-refractivity contribution >= 4 is 6.09 Å². The molecule has 4 heteroatoms. The van der Waals surface area contributed by atoms with Gasteiger partial charge in [0.15, 0.2) is 0 Å². The highest BCUT2D eigenvalue weighted by Gasteiger charge is 2.66. The van der Waals surface area contributed by atoms with Crippen molar-refractivity contribution in [1.29, 1.82) is 0 Å². The fourth-order valence-corrected chi connectivity index (χ4v) is 3.82. The Hall–Kier alpha value is -0.770. The number of amides is 1. The van der Waals surface area contributed by atoms with E-state index in [1.165, 1.54) is 0 Å². The predicted molar refractivity (Wildman–Crippen MR) is 64.6 cm³/mol. The molecule has 0 radical (unpaired) electrons. The smallest absolute Gasteiger partial charge is 0.407 e. The van der Waals surface area contributed by atoms with Crippen LogP contribution in [0.5, 0.6) is 0 Å². The summed E-state index contributed by atoms with van der Waals surface area (Å²) in [5.41, 5.74) is -0.0294. The second-order valence-electron chi connectivity index (χ2n) is 6.12. The SMILES string of the molecule is CCOC(=O)NC1C2CCC(C)(C1O)C2(C)C. The number of hydrogen-bond donors (Lipinski definition) is 2. The molecular formula is C13H23NO3. The van der Waals surface area contributed by atoms with E-state index in [0.29, 0.717) is 12.5 Å². The maximum absolute atomic E-state index is 11.5. The highest BCUT2D eigenvalue weighted by Crippen LogP contribution is 2.65. The minimum Gasteiger partial charge on any atom is -0.450 e. The van der Waals surface area contributed by atoms with Crippen molar-refractivity contribution in [2.75, 3.05) is 6.61 Å². The van der Waals surface area contributed by atoms with Crippen LogP contribution >= 0.6 is 0 Å². The second-order valence-corrected chi connectivity index (χ2v) is 6.12. The molecule has 1 amide bonds. The van der Waals surface area contributed by atoms with E-state index in [9.17, 15) is 9.90 Å². The Balaban J connectivity index is 2.14. The van der Waals surface area contributed by atoms with Crippen molar-refractivity contribution in [3.8, 4) is 0 Å². The van der Waals surface area contributed by atoms with Gasteiger partial charge in [-0.05, 0) is 31.1 Å². The first-order valence-electron chi connectivity index (χ1n) is 6.46. The highest BCUT2D eigenvalue weighted by molar-refractivity contribution is 5.68. The van der Waals surface area contributed by atoms with Gasteiger partial charge >= 0.3 is 6.09 Å². The molecule has 0 spiro atoms. The lowest BCUT2D eigenvalue weighted by Gasteiger charge is -2.37. The molecule has 2 N–H and O–H groups in total. The van der Waals surface area contributed by atoms with Gasteiger partial charge < -0.3 is 15.2 Å². The third kappa shape index (κ3) is 1.57. The summed E-state index contributed by atoms with van der Waals surface area (Å²) in [5.74, 6) is 0.340. The first kappa shape index (κ1) is 12.7. The molecule has 0 aromatic carbocycles. The first-order chi connectivity index (χ1) is 7.84. The van der Waals surface area contributed by atoms with Crippen molar-refractivity contribution in [3.63, 3.8) is 0 Å². The van der Waals surface area contributed by atoms with E-state index in [0.717, 1.165) is 12.8 Å². The van der Waals surface area contributed by atoms with E-state index in [-0.39, 0.29) is 16.9 Å². The summed E-state index contributed by atoms with van der Waals surface area (Å²) < 4.78 is 4.90. The van der Waals surface area contributed by atoms with Gasteiger partial charge in [0, 0.05) is 5.41 Å². The van der Waals surface area contributed by atoms with Crippen LogP contribution in [0.3, 0.4) is 0 Å². The lowest BCUT2D eigenvalue weighted by atomic mass is 9.70. The normalized spacial score (nSPS) is 42.5. The van der Waals surface area contributed by atoms with E-state index < -0.39 is 12.2 Å². The minimum atomic E-state index is -0.472. The summed E-state index contributed by atoms with van der Waals surface area (Å²) in [6.45, 7) is 8.66. The van der Waals surface area contributed by atoms with Crippen LogP contribution in [0.4, 0.5) is 4.79 Å². The fourth-order valence-electron chi connectivity index (χ4n) is 3.82. The van der Waals surface area contributed by atoms with Gasteiger partial charge in [-0.25, -0.2) is 4.79 Å². The summed E-state index contributed by atoms with van der Waals surface area (Å²) >= 11 is 0. The van der Waals surface area contributed by atoms with Gasteiger partial charge in [0.05, 0.1) is 18.8 Å². The highest BCUT2D eigenvalue weighted by atomic mass is 16.5. The molecule has 2 rings (SSSR count). The monoisotopic (exact) mass is 241 g/mol. The quantitative estimate of drug-likeness (QED) is 0.776. The topological polar surface area (TPSA) is 58.6 Å². The zero-order valence-electron chi connectivity index (χ0n) is 11.1. The Morgan fingerprint density at radius 2 is 2.12 bits per heavy atom. The zero-order chi connectivity index (χ0) is 12.8. The molecule has 2 saturated carbocycles. The molecule has 4 atom stereocenters. The standard InChI is InChI=1S/C13H23NO3/c1-5-17-11(16)14-9-8-6-7-13(4,10(9)15)12(8,2)3/h8-10,15H,5-7H2,1-4H3,(H,14,16). The lowest BCUT2D eigenvalue weighted by molar-refractivity contribution is -0.0000977. The van der Waals surface area contributed by atoms with Crippen molar-refractivity contribution in [1.82, 2.24) is 5.32 Å². The molecule has 0 aliphatic heterocycles. The summed E-state index contributed by atoms with van der Waals surface area (Å²) in [6, 6.07) is -0.164. The molecule has 17 heavy (non-hydrogen) atoms. The van der Waals surface area contributed by atoms with Crippen LogP contribution in [0.1, 0.15) is 40.5 Å². The van der Waals surface area contributed by atoms with Gasteiger partial charge in [0.2, 0.25) is 0 Å². The summed E-state index contributed by atoms with van der Waals surface area (Å²) in [7, 11) is 0. The van der Waals surface area contributed by atoms with Crippen molar-refractivity contribution < 1.29 is 14.6 Å². The number of alkyl carbamates (subject to hydrolysis) is 1. The molecule has 2 aliphatic carbocycles. The van der Waals surface area contributed by atoms with Crippen LogP contribution in [-0.4, -0.2) is 30.0 Å². The fraction of sp³-hybridized carbons (Fsp3) is 0.923. The van der Waals surface area contributed by atoms with E-state index in [1.54, 1.807) is 6.92 Å². The summed E-state index contributed by atoms with van der Waals surface area (Å²) in [4.78, 5) is 11.5. The molecule has 4 nitrogen and oxygen atoms in total. The number of ether oxygens (including phenoxy) is 1. The Labute approximate surface area is 103 Å². The van der Waals surface area contributed by atoms with Gasteiger partial charge in [-0.1, -0.05) is 20.8 Å². The van der Waals surface area contributed by atoms with Crippen LogP contribution in [0.2, 0.25) is 0 Å². The second kappa shape index (κ2) is 3.87. The molecule has 0 aromatic heterocycles. The van der Waals surface area contributed by atoms with E-state index in [1.807, 2.05) is 0 Å². The van der Waals surface area contributed by atoms with Gasteiger partial charge in [-0.2, -0.15) is 0 Å². The average molecular weight is 241 g/mol. The van der Waals surface area contributed by atoms with E-state index in [4.69, 9.17) is 4.74 Å². The van der Waals surface area contributed by atoms with Gasteiger partial charge in [0.1, 0.15) is 0 Å². The average Bonchev–Trinajstić information content (AvgIpc) is 2.53. The van der Waals surface area contributed by atoms with Crippen LogP contribution < -0.4 is 5.32 Å². The van der Waals surface area contributed by atoms with E-state index >= 15 is 0 Å². The van der Waals surface area contributed by atoms with Crippen LogP contribution in [0.25, 0.3) is 0 Å². The number of fused-ring (bicyclic) bond motifs is 2. The number of carbonyl (C=O) groups excluding carboxylic acids is 1. The number of carbonyl (C=O) groups is 1. The third-order valence-electron chi connectivity index (χ3n) is 5.36.